The van der Waals surface area contributed by atoms with Gasteiger partial charge >= 0.3 is 0 Å². The number of aromatic nitrogens is 1. The Balaban J connectivity index is 1.27. The molecule has 0 aliphatic carbocycles. The lowest BCUT2D eigenvalue weighted by molar-refractivity contribution is 0.0926. The maximum absolute atomic E-state index is 14.8. The van der Waals surface area contributed by atoms with Crippen molar-refractivity contribution in [2.75, 3.05) is 4.90 Å². The Kier molecular flexibility index (Phi) is 6.63. The van der Waals surface area contributed by atoms with Gasteiger partial charge in [-0.15, -0.1) is 0 Å². The van der Waals surface area contributed by atoms with E-state index in [1.165, 1.54) is 4.90 Å². The van der Waals surface area contributed by atoms with Gasteiger partial charge in [0.15, 0.2) is 0 Å². The first-order valence-electron chi connectivity index (χ1n) is 16.5. The van der Waals surface area contributed by atoms with Crippen molar-refractivity contribution in [3.63, 3.8) is 0 Å². The molecule has 9 rings (SSSR count). The summed E-state index contributed by atoms with van der Waals surface area (Å²) in [4.78, 5) is 30.6. The fourth-order valence-electron chi connectivity index (χ4n) is 7.42. The highest BCUT2D eigenvalue weighted by atomic mass is 16.2. The Morgan fingerprint density at radius 2 is 1.06 bits per heavy atom. The highest BCUT2D eigenvalue weighted by molar-refractivity contribution is 6.36. The van der Waals surface area contributed by atoms with Crippen LogP contribution < -0.4 is 4.90 Å². The SMILES string of the molecule is Cc1ccccc1-c1cccc2c3ccccc3n(-c3cccc4c3C(=O)N(c3ccc(-c5ccccc5)cc3-c3ccccc3)C4=O)c12. The van der Waals surface area contributed by atoms with Crippen LogP contribution in [0.4, 0.5) is 5.69 Å². The second kappa shape index (κ2) is 11.3. The number of amides is 2. The predicted molar refractivity (Wildman–Crippen MR) is 199 cm³/mol. The molecule has 1 aromatic heterocycles. The number of nitrogens with zero attached hydrogens (tertiary/aromatic N) is 2. The monoisotopic (exact) mass is 630 g/mol. The van der Waals surface area contributed by atoms with Gasteiger partial charge in [0, 0.05) is 21.9 Å². The molecule has 0 radical (unpaired) electrons. The highest BCUT2D eigenvalue weighted by Crippen LogP contribution is 2.43. The largest absolute Gasteiger partial charge is 0.308 e. The normalized spacial score (nSPS) is 12.6. The minimum Gasteiger partial charge on any atom is -0.308 e. The Morgan fingerprint density at radius 3 is 1.86 bits per heavy atom. The molecule has 8 aromatic rings. The molecule has 0 saturated carbocycles. The van der Waals surface area contributed by atoms with Crippen molar-refractivity contribution in [2.45, 2.75) is 6.92 Å². The van der Waals surface area contributed by atoms with Crippen LogP contribution in [-0.4, -0.2) is 16.4 Å². The molecule has 232 valence electrons. The number of carbonyl (C=O) groups excluding carboxylic acids is 2. The van der Waals surface area contributed by atoms with Gasteiger partial charge < -0.3 is 4.57 Å². The third-order valence-electron chi connectivity index (χ3n) is 9.69. The van der Waals surface area contributed by atoms with E-state index < -0.39 is 0 Å². The van der Waals surface area contributed by atoms with Crippen molar-refractivity contribution < 1.29 is 9.59 Å². The zero-order valence-corrected chi connectivity index (χ0v) is 26.8. The Labute approximate surface area is 284 Å². The van der Waals surface area contributed by atoms with E-state index in [1.807, 2.05) is 91.0 Å². The number of aryl methyl sites for hydroxylation is 1. The predicted octanol–water partition coefficient (Wildman–Crippen LogP) is 10.9. The quantitative estimate of drug-likeness (QED) is 0.178. The summed E-state index contributed by atoms with van der Waals surface area (Å²) in [5.74, 6) is -0.661. The van der Waals surface area contributed by atoms with Gasteiger partial charge in [0.2, 0.25) is 0 Å². The lowest BCUT2D eigenvalue weighted by atomic mass is 9.97. The molecule has 49 heavy (non-hydrogen) atoms. The number of benzene rings is 7. The molecule has 0 N–H and O–H groups in total. The molecule has 4 nitrogen and oxygen atoms in total. The lowest BCUT2D eigenvalue weighted by Gasteiger charge is -2.20. The summed E-state index contributed by atoms with van der Waals surface area (Å²) in [6.07, 6.45) is 0. The van der Waals surface area contributed by atoms with Crippen LogP contribution in [0, 0.1) is 6.92 Å². The number of carbonyl (C=O) groups is 2. The van der Waals surface area contributed by atoms with Crippen molar-refractivity contribution in [1.29, 1.82) is 0 Å². The van der Waals surface area contributed by atoms with Crippen LogP contribution in [0.2, 0.25) is 0 Å². The summed E-state index contributed by atoms with van der Waals surface area (Å²) in [7, 11) is 0. The Morgan fingerprint density at radius 1 is 0.429 bits per heavy atom. The van der Waals surface area contributed by atoms with Crippen molar-refractivity contribution in [3.8, 4) is 39.1 Å². The van der Waals surface area contributed by atoms with Gasteiger partial charge in [0.05, 0.1) is 33.5 Å². The molecule has 0 saturated heterocycles. The summed E-state index contributed by atoms with van der Waals surface area (Å²) in [6.45, 7) is 2.12. The van der Waals surface area contributed by atoms with Crippen molar-refractivity contribution in [1.82, 2.24) is 4.57 Å². The van der Waals surface area contributed by atoms with Crippen molar-refractivity contribution in [3.05, 3.63) is 180 Å². The van der Waals surface area contributed by atoms with E-state index in [2.05, 4.69) is 78.2 Å². The van der Waals surface area contributed by atoms with Gasteiger partial charge in [-0.3, -0.25) is 9.59 Å². The number of fused-ring (bicyclic) bond motifs is 4. The summed E-state index contributed by atoms with van der Waals surface area (Å²) >= 11 is 0. The molecule has 7 aromatic carbocycles. The first kappa shape index (κ1) is 28.7. The number of anilines is 1. The first-order valence-corrected chi connectivity index (χ1v) is 16.5. The van der Waals surface area contributed by atoms with E-state index in [0.717, 1.165) is 60.8 Å². The number of hydrogen-bond acceptors (Lipinski definition) is 2. The molecule has 0 atom stereocenters. The third-order valence-corrected chi connectivity index (χ3v) is 9.69. The number of imide groups is 1. The number of rotatable bonds is 5. The lowest BCUT2D eigenvalue weighted by Crippen LogP contribution is -2.30. The molecular weight excluding hydrogens is 601 g/mol. The smallest absolute Gasteiger partial charge is 0.268 e. The van der Waals surface area contributed by atoms with Gasteiger partial charge in [-0.25, -0.2) is 4.90 Å². The topological polar surface area (TPSA) is 42.3 Å². The molecule has 0 bridgehead atoms. The van der Waals surface area contributed by atoms with Gasteiger partial charge in [0.1, 0.15) is 0 Å². The minimum atomic E-state index is -0.334. The fraction of sp³-hybridized carbons (Fsp3) is 0.0222. The molecule has 1 aliphatic heterocycles. The third kappa shape index (κ3) is 4.45. The number of para-hydroxylation sites is 2. The van der Waals surface area contributed by atoms with E-state index in [9.17, 15) is 9.59 Å². The van der Waals surface area contributed by atoms with Gasteiger partial charge in [-0.2, -0.15) is 0 Å². The second-order valence-corrected chi connectivity index (χ2v) is 12.5. The molecule has 2 amide bonds. The molecule has 4 heteroatoms. The summed E-state index contributed by atoms with van der Waals surface area (Å²) in [6, 6.07) is 54.7. The van der Waals surface area contributed by atoms with Gasteiger partial charge in [-0.1, -0.05) is 133 Å². The van der Waals surface area contributed by atoms with Crippen LogP contribution in [0.15, 0.2) is 164 Å². The maximum atomic E-state index is 14.8. The van der Waals surface area contributed by atoms with Crippen LogP contribution in [0.3, 0.4) is 0 Å². The van der Waals surface area contributed by atoms with E-state index in [-0.39, 0.29) is 11.8 Å². The zero-order chi connectivity index (χ0) is 33.1. The summed E-state index contributed by atoms with van der Waals surface area (Å²) in [5, 5.41) is 2.17. The van der Waals surface area contributed by atoms with Crippen LogP contribution in [0.1, 0.15) is 26.3 Å². The van der Waals surface area contributed by atoms with Crippen LogP contribution in [0.25, 0.3) is 60.9 Å². The van der Waals surface area contributed by atoms with Crippen molar-refractivity contribution >= 4 is 39.3 Å². The summed E-state index contributed by atoms with van der Waals surface area (Å²) in [5.41, 5.74) is 11.2. The van der Waals surface area contributed by atoms with E-state index in [0.29, 0.717) is 22.5 Å². The molecule has 0 fully saturated rings. The van der Waals surface area contributed by atoms with Crippen LogP contribution in [-0.2, 0) is 0 Å². The van der Waals surface area contributed by atoms with E-state index >= 15 is 0 Å². The van der Waals surface area contributed by atoms with Crippen LogP contribution >= 0.6 is 0 Å². The second-order valence-electron chi connectivity index (χ2n) is 12.5. The Hall–Kier alpha value is -6.52. The Bertz CT molecular complexity index is 2600. The maximum Gasteiger partial charge on any atom is 0.268 e. The highest BCUT2D eigenvalue weighted by Gasteiger charge is 2.40. The average Bonchev–Trinajstić information content (AvgIpc) is 3.63. The average molecular weight is 631 g/mol. The zero-order valence-electron chi connectivity index (χ0n) is 26.8. The van der Waals surface area contributed by atoms with Crippen molar-refractivity contribution in [2.24, 2.45) is 0 Å². The molecular formula is C45H30N2O2. The molecule has 2 heterocycles. The van der Waals surface area contributed by atoms with Gasteiger partial charge in [0.25, 0.3) is 11.8 Å². The number of hydrogen-bond donors (Lipinski definition) is 0. The summed E-state index contributed by atoms with van der Waals surface area (Å²) < 4.78 is 2.18. The van der Waals surface area contributed by atoms with Gasteiger partial charge in [-0.05, 0) is 65.1 Å². The molecule has 1 aliphatic rings. The first-order chi connectivity index (χ1) is 24.1. The van der Waals surface area contributed by atoms with E-state index in [4.69, 9.17) is 0 Å². The van der Waals surface area contributed by atoms with E-state index in [1.54, 1.807) is 6.07 Å². The standard InChI is InChI=1S/C45H30N2O2/c1-29-14-8-9-19-33(29)35-21-12-22-36-34-20-10-11-24-39(34)46(43(35)36)41-25-13-23-37-42(41)45(49)47(44(37)48)40-27-26-32(30-15-4-2-5-16-30)28-38(40)31-17-6-3-7-18-31/h2-28H,1H3. The minimum absolute atomic E-state index is 0.327. The fourth-order valence-corrected chi connectivity index (χ4v) is 7.42. The molecule has 0 unspecified atom stereocenters. The molecule has 0 spiro atoms. The van der Waals surface area contributed by atoms with Crippen LogP contribution in [0.5, 0.6) is 0 Å².